The number of carboxylic acid groups (broad SMARTS) is 2. The predicted octanol–water partition coefficient (Wildman–Crippen LogP) is -0.932. The summed E-state index contributed by atoms with van der Waals surface area (Å²) >= 11 is 3.88. The summed E-state index contributed by atoms with van der Waals surface area (Å²) in [5, 5.41) is 19.5. The number of aliphatic carboxylic acids is 2. The van der Waals surface area contributed by atoms with E-state index in [-0.39, 0.29) is 19.3 Å². The molecule has 0 heterocycles. The highest BCUT2D eigenvalue weighted by Gasteiger charge is 2.20. The van der Waals surface area contributed by atoms with Gasteiger partial charge in [-0.2, -0.15) is 12.6 Å². The van der Waals surface area contributed by atoms with Crippen LogP contribution in [0, 0.1) is 0 Å². The van der Waals surface area contributed by atoms with Crippen molar-refractivity contribution in [1.82, 2.24) is 5.32 Å². The Labute approximate surface area is 104 Å². The van der Waals surface area contributed by atoms with Crippen molar-refractivity contribution in [3.05, 3.63) is 0 Å². The molecule has 17 heavy (non-hydrogen) atoms. The van der Waals surface area contributed by atoms with E-state index >= 15 is 0 Å². The highest BCUT2D eigenvalue weighted by molar-refractivity contribution is 7.80. The Morgan fingerprint density at radius 3 is 2.18 bits per heavy atom. The Balaban J connectivity index is 4.06. The quantitative estimate of drug-likeness (QED) is 0.360. The third kappa shape index (κ3) is 6.80. The number of nitrogens with one attached hydrogen (secondary N) is 1. The van der Waals surface area contributed by atoms with Crippen molar-refractivity contribution in [1.29, 1.82) is 0 Å². The van der Waals surface area contributed by atoms with E-state index in [1.54, 1.807) is 0 Å². The van der Waals surface area contributed by atoms with Gasteiger partial charge in [-0.05, 0) is 18.6 Å². The SMILES string of the molecule is NC(CCC(=O)NC(CCS)C(=O)O)C(=O)O. The number of rotatable bonds is 8. The van der Waals surface area contributed by atoms with Crippen molar-refractivity contribution < 1.29 is 24.6 Å². The van der Waals surface area contributed by atoms with Gasteiger partial charge in [-0.3, -0.25) is 9.59 Å². The number of nitrogens with two attached hydrogens (primary N) is 1. The molecule has 2 atom stereocenters. The van der Waals surface area contributed by atoms with Crippen molar-refractivity contribution in [3.8, 4) is 0 Å². The van der Waals surface area contributed by atoms with Gasteiger partial charge in [0.1, 0.15) is 12.1 Å². The van der Waals surface area contributed by atoms with Gasteiger partial charge < -0.3 is 21.3 Å². The highest BCUT2D eigenvalue weighted by Crippen LogP contribution is 1.99. The number of thiol groups is 1. The van der Waals surface area contributed by atoms with Crippen LogP contribution >= 0.6 is 12.6 Å². The smallest absolute Gasteiger partial charge is 0.326 e. The fraction of sp³-hybridized carbons (Fsp3) is 0.667. The molecule has 0 aromatic heterocycles. The number of carbonyl (C=O) groups is 3. The Kier molecular flexibility index (Phi) is 7.31. The third-order valence-electron chi connectivity index (χ3n) is 2.05. The molecule has 0 radical (unpaired) electrons. The monoisotopic (exact) mass is 264 g/mol. The van der Waals surface area contributed by atoms with E-state index in [0.29, 0.717) is 5.75 Å². The minimum atomic E-state index is -1.19. The topological polar surface area (TPSA) is 130 Å². The van der Waals surface area contributed by atoms with Crippen molar-refractivity contribution >= 4 is 30.5 Å². The van der Waals surface area contributed by atoms with Gasteiger partial charge in [-0.15, -0.1) is 0 Å². The molecule has 0 fully saturated rings. The fourth-order valence-electron chi connectivity index (χ4n) is 1.06. The van der Waals surface area contributed by atoms with E-state index in [2.05, 4.69) is 17.9 Å². The first-order valence-corrected chi connectivity index (χ1v) is 5.63. The van der Waals surface area contributed by atoms with Crippen LogP contribution in [0.25, 0.3) is 0 Å². The molecule has 0 aromatic rings. The van der Waals surface area contributed by atoms with Crippen LogP contribution in [0.5, 0.6) is 0 Å². The van der Waals surface area contributed by atoms with Crippen LogP contribution < -0.4 is 11.1 Å². The van der Waals surface area contributed by atoms with Gasteiger partial charge in [-0.25, -0.2) is 4.79 Å². The molecule has 0 aliphatic heterocycles. The van der Waals surface area contributed by atoms with Gasteiger partial charge in [0.25, 0.3) is 0 Å². The number of amides is 1. The number of carbonyl (C=O) groups excluding carboxylic acids is 1. The Hall–Kier alpha value is -1.28. The predicted molar refractivity (Wildman–Crippen MR) is 62.9 cm³/mol. The molecule has 0 rings (SSSR count). The van der Waals surface area contributed by atoms with Crippen LogP contribution in [0.1, 0.15) is 19.3 Å². The summed E-state index contributed by atoms with van der Waals surface area (Å²) in [5.41, 5.74) is 5.21. The molecule has 0 saturated carbocycles. The van der Waals surface area contributed by atoms with Crippen molar-refractivity contribution in [2.45, 2.75) is 31.3 Å². The lowest BCUT2D eigenvalue weighted by molar-refractivity contribution is -0.142. The minimum absolute atomic E-state index is 0.0334. The van der Waals surface area contributed by atoms with E-state index in [9.17, 15) is 14.4 Å². The lowest BCUT2D eigenvalue weighted by Crippen LogP contribution is -2.42. The maximum absolute atomic E-state index is 11.3. The molecule has 7 nitrogen and oxygen atoms in total. The zero-order valence-corrected chi connectivity index (χ0v) is 10.0. The number of hydrogen-bond donors (Lipinski definition) is 5. The molecular formula is C9H16N2O5S. The highest BCUT2D eigenvalue weighted by atomic mass is 32.1. The summed E-state index contributed by atoms with van der Waals surface area (Å²) in [6.45, 7) is 0. The van der Waals surface area contributed by atoms with Crippen LogP contribution in [0.4, 0.5) is 0 Å². The molecule has 0 spiro atoms. The zero-order chi connectivity index (χ0) is 13.4. The van der Waals surface area contributed by atoms with Gasteiger partial charge in [0.2, 0.25) is 5.91 Å². The molecule has 8 heteroatoms. The van der Waals surface area contributed by atoms with Gasteiger partial charge in [0, 0.05) is 6.42 Å². The Morgan fingerprint density at radius 1 is 1.18 bits per heavy atom. The van der Waals surface area contributed by atoms with Crippen LogP contribution in [0.2, 0.25) is 0 Å². The first-order valence-electron chi connectivity index (χ1n) is 5.00. The molecule has 98 valence electrons. The average Bonchev–Trinajstić information content (AvgIpc) is 2.24. The zero-order valence-electron chi connectivity index (χ0n) is 9.13. The Morgan fingerprint density at radius 2 is 1.76 bits per heavy atom. The van der Waals surface area contributed by atoms with E-state index in [1.165, 1.54) is 0 Å². The molecular weight excluding hydrogens is 248 g/mol. The number of hydrogen-bond acceptors (Lipinski definition) is 5. The van der Waals surface area contributed by atoms with Gasteiger partial charge in [0.05, 0.1) is 0 Å². The first-order chi connectivity index (χ1) is 7.88. The van der Waals surface area contributed by atoms with E-state index in [0.717, 1.165) is 0 Å². The van der Waals surface area contributed by atoms with Crippen LogP contribution in [0.15, 0.2) is 0 Å². The number of carboxylic acids is 2. The molecule has 1 amide bonds. The summed E-state index contributed by atoms with van der Waals surface area (Å²) in [7, 11) is 0. The Bertz CT molecular complexity index is 297. The van der Waals surface area contributed by atoms with E-state index < -0.39 is 29.9 Å². The third-order valence-corrected chi connectivity index (χ3v) is 2.31. The maximum atomic E-state index is 11.3. The van der Waals surface area contributed by atoms with Crippen molar-refractivity contribution in [2.24, 2.45) is 5.73 Å². The van der Waals surface area contributed by atoms with E-state index in [1.807, 2.05) is 0 Å². The summed E-state index contributed by atoms with van der Waals surface area (Å²) in [6.07, 6.45) is 0.0490. The average molecular weight is 264 g/mol. The molecule has 0 aromatic carbocycles. The molecule has 0 saturated heterocycles. The van der Waals surface area contributed by atoms with Crippen LogP contribution in [-0.4, -0.2) is 45.9 Å². The normalized spacial score (nSPS) is 13.8. The van der Waals surface area contributed by atoms with Crippen LogP contribution in [-0.2, 0) is 14.4 Å². The van der Waals surface area contributed by atoms with Gasteiger partial charge in [0.15, 0.2) is 0 Å². The van der Waals surface area contributed by atoms with Crippen LogP contribution in [0.3, 0.4) is 0 Å². The molecule has 0 bridgehead atoms. The second kappa shape index (κ2) is 7.91. The standard InChI is InChI=1S/C9H16N2O5S/c10-5(8(13)14)1-2-7(12)11-6(3-4-17)9(15)16/h5-6,17H,1-4,10H2,(H,11,12)(H,13,14)(H,15,16). The fourth-order valence-corrected chi connectivity index (χ4v) is 1.32. The minimum Gasteiger partial charge on any atom is -0.480 e. The second-order valence-corrected chi connectivity index (χ2v) is 3.90. The summed E-state index contributed by atoms with van der Waals surface area (Å²) in [6, 6.07) is -2.12. The lowest BCUT2D eigenvalue weighted by Gasteiger charge is -2.13. The first kappa shape index (κ1) is 15.7. The summed E-state index contributed by atoms with van der Waals surface area (Å²) < 4.78 is 0. The summed E-state index contributed by atoms with van der Waals surface area (Å²) in [4.78, 5) is 32.4. The second-order valence-electron chi connectivity index (χ2n) is 3.45. The maximum Gasteiger partial charge on any atom is 0.326 e. The largest absolute Gasteiger partial charge is 0.480 e. The van der Waals surface area contributed by atoms with Crippen molar-refractivity contribution in [2.75, 3.05) is 5.75 Å². The lowest BCUT2D eigenvalue weighted by atomic mass is 10.1. The molecule has 0 aliphatic rings. The van der Waals surface area contributed by atoms with Crippen molar-refractivity contribution in [3.63, 3.8) is 0 Å². The molecule has 5 N–H and O–H groups in total. The van der Waals surface area contributed by atoms with Gasteiger partial charge >= 0.3 is 11.9 Å². The molecule has 0 aliphatic carbocycles. The molecule has 2 unspecified atom stereocenters. The summed E-state index contributed by atoms with van der Waals surface area (Å²) in [5.74, 6) is -2.54. The van der Waals surface area contributed by atoms with Gasteiger partial charge in [-0.1, -0.05) is 0 Å². The van der Waals surface area contributed by atoms with E-state index in [4.69, 9.17) is 15.9 Å².